The third-order valence-electron chi connectivity index (χ3n) is 5.24. The van der Waals surface area contributed by atoms with E-state index < -0.39 is 0 Å². The zero-order valence-electron chi connectivity index (χ0n) is 16.2. The summed E-state index contributed by atoms with van der Waals surface area (Å²) >= 11 is 18.0. The molecule has 1 saturated heterocycles. The monoisotopic (exact) mass is 465 g/mol. The second kappa shape index (κ2) is 8.30. The van der Waals surface area contributed by atoms with E-state index in [9.17, 15) is 0 Å². The topological polar surface area (TPSA) is 46.0 Å². The Hall–Kier alpha value is -2.93. The molecule has 1 fully saturated rings. The molecule has 5 nitrogen and oxygen atoms in total. The molecule has 0 radical (unpaired) electrons. The number of rotatable bonds is 4. The van der Waals surface area contributed by atoms with E-state index in [1.165, 1.54) is 0 Å². The van der Waals surface area contributed by atoms with Crippen molar-refractivity contribution < 1.29 is 0 Å². The molecule has 5 rings (SSSR count). The number of aromatic nitrogens is 3. The molecule has 0 spiro atoms. The highest BCUT2D eigenvalue weighted by Crippen LogP contribution is 2.42. The average Bonchev–Trinajstić information content (AvgIpc) is 3.40. The Kier molecular flexibility index (Phi) is 5.36. The highest BCUT2D eigenvalue weighted by molar-refractivity contribution is 7.80. The van der Waals surface area contributed by atoms with Gasteiger partial charge in [0.25, 0.3) is 0 Å². The van der Waals surface area contributed by atoms with E-state index in [1.807, 2.05) is 66.9 Å². The molecular weight excluding hydrogens is 449 g/mol. The van der Waals surface area contributed by atoms with Gasteiger partial charge in [0.1, 0.15) is 11.9 Å². The molecule has 0 aliphatic carbocycles. The van der Waals surface area contributed by atoms with Crippen molar-refractivity contribution in [2.24, 2.45) is 0 Å². The molecule has 8 heteroatoms. The van der Waals surface area contributed by atoms with Crippen molar-refractivity contribution in [1.82, 2.24) is 19.9 Å². The third-order valence-corrected chi connectivity index (χ3v) is 6.03. The lowest BCUT2D eigenvalue weighted by Crippen LogP contribution is -2.30. The Labute approximate surface area is 195 Å². The van der Waals surface area contributed by atoms with Gasteiger partial charge in [-0.15, -0.1) is 0 Å². The Morgan fingerprint density at radius 1 is 0.871 bits per heavy atom. The maximum absolute atomic E-state index is 6.13. The van der Waals surface area contributed by atoms with Gasteiger partial charge in [0.15, 0.2) is 5.11 Å². The number of hydrogen-bond acceptors (Lipinski definition) is 3. The van der Waals surface area contributed by atoms with Crippen LogP contribution < -0.4 is 10.2 Å². The number of thiocarbonyl (C=S) groups is 1. The molecule has 0 bridgehead atoms. The lowest BCUT2D eigenvalue weighted by atomic mass is 10.0. The molecule has 1 aromatic carbocycles. The first-order valence-corrected chi connectivity index (χ1v) is 10.8. The van der Waals surface area contributed by atoms with Crippen molar-refractivity contribution in [3.8, 4) is 5.82 Å². The fourth-order valence-corrected chi connectivity index (χ4v) is 4.47. The summed E-state index contributed by atoms with van der Waals surface area (Å²) in [6, 6.07) is 21.1. The summed E-state index contributed by atoms with van der Waals surface area (Å²) in [7, 11) is 0. The molecular formula is C23H17Cl2N5S. The van der Waals surface area contributed by atoms with Gasteiger partial charge in [0, 0.05) is 35.0 Å². The summed E-state index contributed by atoms with van der Waals surface area (Å²) in [4.78, 5) is 11.2. The standard InChI is InChI=1S/C23H17Cl2N5S/c24-15-6-9-17(10-7-15)30-22(21(28-23(30)31)18-4-1-2-12-26-18)19-5-3-13-29(19)20-11-8-16(25)14-27-20/h1-14,21-22H,(H,28,31)/t21-,22+/m1/s1. The maximum Gasteiger partial charge on any atom is 0.174 e. The summed E-state index contributed by atoms with van der Waals surface area (Å²) in [5.41, 5.74) is 2.87. The second-order valence-electron chi connectivity index (χ2n) is 7.11. The van der Waals surface area contributed by atoms with Crippen LogP contribution in [0.1, 0.15) is 23.5 Å². The van der Waals surface area contributed by atoms with Crippen LogP contribution in [-0.2, 0) is 0 Å². The summed E-state index contributed by atoms with van der Waals surface area (Å²) < 4.78 is 2.05. The first kappa shape index (κ1) is 20.0. The molecule has 3 aromatic heterocycles. The van der Waals surface area contributed by atoms with Crippen LogP contribution in [0.4, 0.5) is 5.69 Å². The van der Waals surface area contributed by atoms with Gasteiger partial charge in [-0.1, -0.05) is 29.3 Å². The number of pyridine rings is 2. The largest absolute Gasteiger partial charge is 0.351 e. The molecule has 1 aliphatic rings. The molecule has 0 saturated carbocycles. The Bertz CT molecular complexity index is 1210. The van der Waals surface area contributed by atoms with Gasteiger partial charge in [0.2, 0.25) is 0 Å². The minimum absolute atomic E-state index is 0.148. The summed E-state index contributed by atoms with van der Waals surface area (Å²) in [6.45, 7) is 0. The molecule has 0 amide bonds. The Morgan fingerprint density at radius 3 is 2.39 bits per heavy atom. The normalized spacial score (nSPS) is 18.3. The fourth-order valence-electron chi connectivity index (χ4n) is 3.89. The van der Waals surface area contributed by atoms with Gasteiger partial charge >= 0.3 is 0 Å². The summed E-state index contributed by atoms with van der Waals surface area (Å²) in [5, 5.41) is 5.36. The van der Waals surface area contributed by atoms with E-state index in [-0.39, 0.29) is 12.1 Å². The second-order valence-corrected chi connectivity index (χ2v) is 8.37. The van der Waals surface area contributed by atoms with Crippen LogP contribution in [0, 0.1) is 0 Å². The predicted octanol–water partition coefficient (Wildman–Crippen LogP) is 5.75. The van der Waals surface area contributed by atoms with Gasteiger partial charge in [-0.2, -0.15) is 0 Å². The average molecular weight is 466 g/mol. The summed E-state index contributed by atoms with van der Waals surface area (Å²) in [6.07, 6.45) is 5.43. The van der Waals surface area contributed by atoms with E-state index in [1.54, 1.807) is 12.4 Å². The van der Waals surface area contributed by atoms with Crippen molar-refractivity contribution >= 4 is 46.2 Å². The van der Waals surface area contributed by atoms with Crippen molar-refractivity contribution in [1.29, 1.82) is 0 Å². The zero-order chi connectivity index (χ0) is 21.4. The number of anilines is 1. The van der Waals surface area contributed by atoms with Crippen LogP contribution in [0.2, 0.25) is 10.0 Å². The van der Waals surface area contributed by atoms with Crippen molar-refractivity contribution in [3.63, 3.8) is 0 Å². The Balaban J connectivity index is 1.66. The highest BCUT2D eigenvalue weighted by atomic mass is 35.5. The van der Waals surface area contributed by atoms with E-state index in [0.717, 1.165) is 22.9 Å². The number of halogens is 2. The minimum Gasteiger partial charge on any atom is -0.351 e. The molecule has 4 heterocycles. The van der Waals surface area contributed by atoms with E-state index in [4.69, 9.17) is 35.4 Å². The molecule has 1 aliphatic heterocycles. The molecule has 1 N–H and O–H groups in total. The van der Waals surface area contributed by atoms with Gasteiger partial charge in [0.05, 0.1) is 16.8 Å². The van der Waals surface area contributed by atoms with Crippen molar-refractivity contribution in [2.75, 3.05) is 4.90 Å². The van der Waals surface area contributed by atoms with Gasteiger partial charge in [-0.3, -0.25) is 4.98 Å². The number of nitrogens with one attached hydrogen (secondary N) is 1. The van der Waals surface area contributed by atoms with Crippen molar-refractivity contribution in [2.45, 2.75) is 12.1 Å². The smallest absolute Gasteiger partial charge is 0.174 e. The summed E-state index contributed by atoms with van der Waals surface area (Å²) in [5.74, 6) is 0.776. The van der Waals surface area contributed by atoms with E-state index in [0.29, 0.717) is 15.2 Å². The van der Waals surface area contributed by atoms with Crippen LogP contribution in [0.15, 0.2) is 85.3 Å². The lowest BCUT2D eigenvalue weighted by molar-refractivity contribution is 0.548. The van der Waals surface area contributed by atoms with Crippen LogP contribution in [0.25, 0.3) is 5.82 Å². The number of nitrogens with zero attached hydrogens (tertiary/aromatic N) is 4. The van der Waals surface area contributed by atoms with Crippen LogP contribution >= 0.6 is 35.4 Å². The number of hydrogen-bond donors (Lipinski definition) is 1. The van der Waals surface area contributed by atoms with Crippen LogP contribution in [0.3, 0.4) is 0 Å². The SMILES string of the molecule is S=C1N[C@H](c2ccccn2)[C@H](c2cccn2-c2ccc(Cl)cn2)N1c1ccc(Cl)cc1. The first-order chi connectivity index (χ1) is 15.1. The Morgan fingerprint density at radius 2 is 1.68 bits per heavy atom. The molecule has 31 heavy (non-hydrogen) atoms. The predicted molar refractivity (Wildman–Crippen MR) is 128 cm³/mol. The van der Waals surface area contributed by atoms with Gasteiger partial charge in [-0.25, -0.2) is 4.98 Å². The van der Waals surface area contributed by atoms with Gasteiger partial charge in [-0.05, 0) is 72.9 Å². The maximum atomic E-state index is 6.13. The van der Waals surface area contributed by atoms with Crippen LogP contribution in [0.5, 0.6) is 0 Å². The van der Waals surface area contributed by atoms with Gasteiger partial charge < -0.3 is 14.8 Å². The van der Waals surface area contributed by atoms with E-state index in [2.05, 4.69) is 30.8 Å². The van der Waals surface area contributed by atoms with Crippen LogP contribution in [-0.4, -0.2) is 19.6 Å². The first-order valence-electron chi connectivity index (χ1n) is 9.67. The van der Waals surface area contributed by atoms with E-state index >= 15 is 0 Å². The van der Waals surface area contributed by atoms with Crippen molar-refractivity contribution in [3.05, 3.63) is 107 Å². The number of benzene rings is 1. The zero-order valence-corrected chi connectivity index (χ0v) is 18.5. The lowest BCUT2D eigenvalue weighted by Gasteiger charge is -2.28. The molecule has 2 atom stereocenters. The minimum atomic E-state index is -0.156. The third kappa shape index (κ3) is 3.78. The fraction of sp³-hybridized carbons (Fsp3) is 0.0870. The molecule has 154 valence electrons. The quantitative estimate of drug-likeness (QED) is 0.388. The highest BCUT2D eigenvalue weighted by Gasteiger charge is 2.42. The molecule has 0 unspecified atom stereocenters. The molecule has 4 aromatic rings.